The molecule has 5 heteroatoms. The van der Waals surface area contributed by atoms with Crippen LogP contribution in [-0.4, -0.2) is 28.9 Å². The smallest absolute Gasteiger partial charge is 0.220 e. The van der Waals surface area contributed by atoms with Gasteiger partial charge < -0.3 is 5.73 Å². The second kappa shape index (κ2) is 5.47. The van der Waals surface area contributed by atoms with E-state index in [0.717, 1.165) is 38.0 Å². The first-order chi connectivity index (χ1) is 8.16. The molecule has 0 bridgehead atoms. The van der Waals surface area contributed by atoms with Crippen molar-refractivity contribution in [3.8, 4) is 0 Å². The first-order valence-corrected chi connectivity index (χ1v) is 6.15. The molecule has 0 radical (unpaired) electrons. The molecule has 2 rings (SSSR count). The highest BCUT2D eigenvalue weighted by Gasteiger charge is 2.23. The lowest BCUT2D eigenvalue weighted by Gasteiger charge is -2.30. The Bertz CT molecular complexity index is 402. The maximum Gasteiger partial charge on any atom is 0.220 e. The first kappa shape index (κ1) is 12.3. The quantitative estimate of drug-likeness (QED) is 0.829. The van der Waals surface area contributed by atoms with E-state index in [1.54, 1.807) is 6.20 Å². The van der Waals surface area contributed by atoms with E-state index in [1.165, 1.54) is 0 Å². The van der Waals surface area contributed by atoms with Crippen LogP contribution in [-0.2, 0) is 11.3 Å². The van der Waals surface area contributed by atoms with Gasteiger partial charge >= 0.3 is 0 Å². The summed E-state index contributed by atoms with van der Waals surface area (Å²) in [5.41, 5.74) is 6.33. The molecule has 1 aliphatic rings. The normalized spacial score (nSPS) is 18.2. The van der Waals surface area contributed by atoms with Crippen molar-refractivity contribution >= 4 is 17.5 Å². The van der Waals surface area contributed by atoms with Gasteiger partial charge in [0.05, 0.1) is 0 Å². The van der Waals surface area contributed by atoms with Crippen LogP contribution in [0.3, 0.4) is 0 Å². The Labute approximate surface area is 106 Å². The molecule has 4 nitrogen and oxygen atoms in total. The maximum atomic E-state index is 11.0. The molecule has 0 spiro atoms. The van der Waals surface area contributed by atoms with Gasteiger partial charge in [-0.15, -0.1) is 0 Å². The number of carbonyl (C=O) groups is 1. The monoisotopic (exact) mass is 253 g/mol. The summed E-state index contributed by atoms with van der Waals surface area (Å²) < 4.78 is 0. The molecule has 0 saturated carbocycles. The van der Waals surface area contributed by atoms with E-state index in [1.807, 2.05) is 12.1 Å². The number of nitrogens with zero attached hydrogens (tertiary/aromatic N) is 2. The van der Waals surface area contributed by atoms with Crippen LogP contribution in [0.5, 0.6) is 0 Å². The first-order valence-electron chi connectivity index (χ1n) is 5.78. The molecule has 0 aliphatic carbocycles. The Morgan fingerprint density at radius 2 is 2.24 bits per heavy atom. The van der Waals surface area contributed by atoms with Crippen molar-refractivity contribution < 1.29 is 4.79 Å². The molecule has 92 valence electrons. The lowest BCUT2D eigenvalue weighted by molar-refractivity contribution is -0.123. The SMILES string of the molecule is NC(=O)C1CCN(Cc2cccnc2Cl)CC1. The van der Waals surface area contributed by atoms with Gasteiger partial charge in [0.1, 0.15) is 5.15 Å². The summed E-state index contributed by atoms with van der Waals surface area (Å²) in [5.74, 6) is -0.139. The number of halogens is 1. The molecule has 0 aromatic carbocycles. The van der Waals surface area contributed by atoms with Crippen LogP contribution in [0.2, 0.25) is 5.15 Å². The lowest BCUT2D eigenvalue weighted by Crippen LogP contribution is -2.38. The molecule has 0 unspecified atom stereocenters. The number of amides is 1. The van der Waals surface area contributed by atoms with Gasteiger partial charge in [-0.05, 0) is 32.0 Å². The van der Waals surface area contributed by atoms with Crippen LogP contribution in [0, 0.1) is 5.92 Å². The molecule has 1 aliphatic heterocycles. The lowest BCUT2D eigenvalue weighted by atomic mass is 9.96. The van der Waals surface area contributed by atoms with Gasteiger partial charge in [-0.1, -0.05) is 17.7 Å². The van der Waals surface area contributed by atoms with Crippen molar-refractivity contribution in [3.05, 3.63) is 29.0 Å². The average Bonchev–Trinajstić information content (AvgIpc) is 2.33. The number of hydrogen-bond acceptors (Lipinski definition) is 3. The van der Waals surface area contributed by atoms with E-state index in [2.05, 4.69) is 9.88 Å². The molecule has 1 saturated heterocycles. The number of primary amides is 1. The summed E-state index contributed by atoms with van der Waals surface area (Å²) in [7, 11) is 0. The summed E-state index contributed by atoms with van der Waals surface area (Å²) in [6.07, 6.45) is 3.37. The van der Waals surface area contributed by atoms with E-state index in [0.29, 0.717) is 5.15 Å². The molecule has 0 atom stereocenters. The maximum absolute atomic E-state index is 11.0. The zero-order valence-corrected chi connectivity index (χ0v) is 10.4. The number of pyridine rings is 1. The van der Waals surface area contributed by atoms with Crippen LogP contribution < -0.4 is 5.73 Å². The zero-order chi connectivity index (χ0) is 12.3. The van der Waals surface area contributed by atoms with Gasteiger partial charge in [-0.25, -0.2) is 4.98 Å². The molecule has 1 aromatic heterocycles. The number of piperidine rings is 1. The van der Waals surface area contributed by atoms with Gasteiger partial charge in [0.15, 0.2) is 0 Å². The Morgan fingerprint density at radius 3 is 2.82 bits per heavy atom. The van der Waals surface area contributed by atoms with E-state index >= 15 is 0 Å². The summed E-state index contributed by atoms with van der Waals surface area (Å²) in [4.78, 5) is 17.4. The summed E-state index contributed by atoms with van der Waals surface area (Å²) in [6.45, 7) is 2.57. The standard InChI is InChI=1S/C12H16ClN3O/c13-11-10(2-1-5-15-11)8-16-6-3-9(4-7-16)12(14)17/h1-2,5,9H,3-4,6-8H2,(H2,14,17). The molecule has 2 heterocycles. The fourth-order valence-corrected chi connectivity index (χ4v) is 2.33. The Morgan fingerprint density at radius 1 is 1.53 bits per heavy atom. The van der Waals surface area contributed by atoms with Crippen molar-refractivity contribution in [1.82, 2.24) is 9.88 Å². The molecular formula is C12H16ClN3O. The second-order valence-corrected chi connectivity index (χ2v) is 4.76. The van der Waals surface area contributed by atoms with Crippen LogP contribution in [0.4, 0.5) is 0 Å². The fourth-order valence-electron chi connectivity index (χ4n) is 2.15. The Balaban J connectivity index is 1.90. The number of rotatable bonds is 3. The van der Waals surface area contributed by atoms with Crippen LogP contribution >= 0.6 is 11.6 Å². The molecular weight excluding hydrogens is 238 g/mol. The van der Waals surface area contributed by atoms with Crippen LogP contribution in [0.1, 0.15) is 18.4 Å². The van der Waals surface area contributed by atoms with Crippen molar-refractivity contribution in [1.29, 1.82) is 0 Å². The van der Waals surface area contributed by atoms with Crippen molar-refractivity contribution in [2.24, 2.45) is 11.7 Å². The van der Waals surface area contributed by atoms with E-state index in [9.17, 15) is 4.79 Å². The largest absolute Gasteiger partial charge is 0.369 e. The predicted molar refractivity (Wildman–Crippen MR) is 66.4 cm³/mol. The number of likely N-dealkylation sites (tertiary alicyclic amines) is 1. The number of carbonyl (C=O) groups excluding carboxylic acids is 1. The zero-order valence-electron chi connectivity index (χ0n) is 9.60. The van der Waals surface area contributed by atoms with Gasteiger partial charge in [0.25, 0.3) is 0 Å². The van der Waals surface area contributed by atoms with E-state index in [4.69, 9.17) is 17.3 Å². The highest BCUT2D eigenvalue weighted by atomic mass is 35.5. The predicted octanol–water partition coefficient (Wildman–Crippen LogP) is 1.43. The van der Waals surface area contributed by atoms with Crippen molar-refractivity contribution in [2.45, 2.75) is 19.4 Å². The minimum absolute atomic E-state index is 0.0376. The van der Waals surface area contributed by atoms with E-state index in [-0.39, 0.29) is 11.8 Å². The van der Waals surface area contributed by atoms with Crippen molar-refractivity contribution in [2.75, 3.05) is 13.1 Å². The number of aromatic nitrogens is 1. The summed E-state index contributed by atoms with van der Waals surface area (Å²) in [5, 5.41) is 0.560. The minimum atomic E-state index is -0.177. The Kier molecular flexibility index (Phi) is 3.97. The number of hydrogen-bond donors (Lipinski definition) is 1. The minimum Gasteiger partial charge on any atom is -0.369 e. The second-order valence-electron chi connectivity index (χ2n) is 4.41. The number of nitrogens with two attached hydrogens (primary N) is 1. The van der Waals surface area contributed by atoms with Gasteiger partial charge in [-0.2, -0.15) is 0 Å². The van der Waals surface area contributed by atoms with Crippen LogP contribution in [0.25, 0.3) is 0 Å². The van der Waals surface area contributed by atoms with E-state index < -0.39 is 0 Å². The third-order valence-electron chi connectivity index (χ3n) is 3.22. The molecule has 1 aromatic rings. The molecule has 1 fully saturated rings. The van der Waals surface area contributed by atoms with Gasteiger partial charge in [0, 0.05) is 24.2 Å². The van der Waals surface area contributed by atoms with Gasteiger partial charge in [0.2, 0.25) is 5.91 Å². The third-order valence-corrected chi connectivity index (χ3v) is 3.56. The van der Waals surface area contributed by atoms with Crippen molar-refractivity contribution in [3.63, 3.8) is 0 Å². The Hall–Kier alpha value is -1.13. The third kappa shape index (κ3) is 3.17. The summed E-state index contributed by atoms with van der Waals surface area (Å²) in [6, 6.07) is 3.87. The fraction of sp³-hybridized carbons (Fsp3) is 0.500. The van der Waals surface area contributed by atoms with Crippen LogP contribution in [0.15, 0.2) is 18.3 Å². The molecule has 1 amide bonds. The average molecular weight is 254 g/mol. The highest BCUT2D eigenvalue weighted by molar-refractivity contribution is 6.30. The topological polar surface area (TPSA) is 59.2 Å². The highest BCUT2D eigenvalue weighted by Crippen LogP contribution is 2.20. The molecule has 17 heavy (non-hydrogen) atoms. The van der Waals surface area contributed by atoms with Gasteiger partial charge in [-0.3, -0.25) is 9.69 Å². The molecule has 2 N–H and O–H groups in total. The summed E-state index contributed by atoms with van der Waals surface area (Å²) >= 11 is 6.01.